The number of alkyl halides is 3. The number of nitrogens with zero attached hydrogens (tertiary/aromatic N) is 2. The van der Waals surface area contributed by atoms with Crippen molar-refractivity contribution in [2.45, 2.75) is 45.5 Å². The van der Waals surface area contributed by atoms with E-state index in [0.29, 0.717) is 37.3 Å². The van der Waals surface area contributed by atoms with Crippen LogP contribution in [0.4, 0.5) is 13.2 Å². The highest BCUT2D eigenvalue weighted by Crippen LogP contribution is 2.32. The minimum absolute atomic E-state index is 0.158. The average molecular weight is 351 g/mol. The minimum Gasteiger partial charge on any atom is -0.310 e. The van der Waals surface area contributed by atoms with E-state index in [9.17, 15) is 18.0 Å². The Bertz CT molecular complexity index is 814. The number of benzene rings is 1. The molecule has 0 spiro atoms. The summed E-state index contributed by atoms with van der Waals surface area (Å²) in [6.07, 6.45) is -2.20. The third-order valence-electron chi connectivity index (χ3n) is 4.40. The van der Waals surface area contributed by atoms with Crippen LogP contribution in [-0.4, -0.2) is 21.4 Å². The smallest absolute Gasteiger partial charge is 0.310 e. The molecule has 1 aromatic carbocycles. The molecule has 0 unspecified atom stereocenters. The molecule has 0 atom stereocenters. The third kappa shape index (κ3) is 3.92. The Morgan fingerprint density at radius 1 is 1.28 bits per heavy atom. The molecule has 1 N–H and O–H groups in total. The summed E-state index contributed by atoms with van der Waals surface area (Å²) in [6, 6.07) is 5.58. The van der Waals surface area contributed by atoms with Crippen LogP contribution in [0, 0.1) is 0 Å². The van der Waals surface area contributed by atoms with Crippen LogP contribution >= 0.6 is 0 Å². The van der Waals surface area contributed by atoms with Crippen LogP contribution in [0.3, 0.4) is 0 Å². The van der Waals surface area contributed by atoms with Crippen molar-refractivity contribution in [3.8, 4) is 0 Å². The summed E-state index contributed by atoms with van der Waals surface area (Å²) < 4.78 is 39.4. The number of rotatable bonds is 4. The first-order chi connectivity index (χ1) is 11.9. The Balaban J connectivity index is 1.82. The van der Waals surface area contributed by atoms with Gasteiger partial charge < -0.3 is 4.98 Å². The van der Waals surface area contributed by atoms with Crippen LogP contribution in [0.2, 0.25) is 0 Å². The van der Waals surface area contributed by atoms with Crippen molar-refractivity contribution in [3.63, 3.8) is 0 Å². The van der Waals surface area contributed by atoms with Crippen molar-refractivity contribution in [1.29, 1.82) is 0 Å². The standard InChI is InChI=1S/C18H20F3N3O/c1-2-5-16-22-15-8-9-24(11-13(15)17(25)23-16)10-12-6-3-4-7-14(12)18(19,20)21/h3-4,6-7H,2,5,8-11H2,1H3,(H,22,23,25). The van der Waals surface area contributed by atoms with Gasteiger partial charge in [-0.3, -0.25) is 9.69 Å². The van der Waals surface area contributed by atoms with Crippen LogP contribution in [-0.2, 0) is 32.1 Å². The molecule has 4 nitrogen and oxygen atoms in total. The van der Waals surface area contributed by atoms with Gasteiger partial charge in [0.2, 0.25) is 0 Å². The second-order valence-corrected chi connectivity index (χ2v) is 6.30. The number of aryl methyl sites for hydroxylation is 1. The van der Waals surface area contributed by atoms with Crippen molar-refractivity contribution in [2.75, 3.05) is 6.54 Å². The maximum absolute atomic E-state index is 13.1. The monoisotopic (exact) mass is 351 g/mol. The van der Waals surface area contributed by atoms with Crippen molar-refractivity contribution in [3.05, 3.63) is 62.8 Å². The highest BCUT2D eigenvalue weighted by atomic mass is 19.4. The first-order valence-corrected chi connectivity index (χ1v) is 8.37. The molecule has 0 aliphatic carbocycles. The van der Waals surface area contributed by atoms with Crippen molar-refractivity contribution in [2.24, 2.45) is 0 Å². The highest BCUT2D eigenvalue weighted by Gasteiger charge is 2.33. The number of aromatic amines is 1. The molecule has 0 saturated heterocycles. The largest absolute Gasteiger partial charge is 0.416 e. The summed E-state index contributed by atoms with van der Waals surface area (Å²) in [5.41, 5.74) is 0.766. The molecule has 1 aliphatic rings. The lowest BCUT2D eigenvalue weighted by Gasteiger charge is -2.28. The van der Waals surface area contributed by atoms with Crippen molar-refractivity contribution >= 4 is 0 Å². The van der Waals surface area contributed by atoms with E-state index in [1.165, 1.54) is 12.1 Å². The Morgan fingerprint density at radius 3 is 2.76 bits per heavy atom. The van der Waals surface area contributed by atoms with Crippen molar-refractivity contribution in [1.82, 2.24) is 14.9 Å². The second kappa shape index (κ2) is 7.00. The highest BCUT2D eigenvalue weighted by molar-refractivity contribution is 5.30. The summed E-state index contributed by atoms with van der Waals surface area (Å²) in [5, 5.41) is 0. The number of fused-ring (bicyclic) bond motifs is 1. The van der Waals surface area contributed by atoms with Gasteiger partial charge in [0, 0.05) is 32.5 Å². The van der Waals surface area contributed by atoms with Gasteiger partial charge in [0.15, 0.2) is 0 Å². The number of aromatic nitrogens is 2. The maximum Gasteiger partial charge on any atom is 0.416 e. The first kappa shape index (κ1) is 17.7. The number of nitrogens with one attached hydrogen (secondary N) is 1. The lowest BCUT2D eigenvalue weighted by Crippen LogP contribution is -2.36. The molecule has 134 valence electrons. The molecule has 2 aromatic rings. The fourth-order valence-electron chi connectivity index (χ4n) is 3.20. The predicted octanol–water partition coefficient (Wildman–Crippen LogP) is 3.30. The lowest BCUT2D eigenvalue weighted by atomic mass is 10.0. The second-order valence-electron chi connectivity index (χ2n) is 6.30. The summed E-state index contributed by atoms with van der Waals surface area (Å²) in [5.74, 6) is 0.683. The van der Waals surface area contributed by atoms with Crippen LogP contribution in [0.5, 0.6) is 0 Å². The van der Waals surface area contributed by atoms with E-state index in [1.54, 1.807) is 6.07 Å². The molecule has 0 bridgehead atoms. The SMILES string of the molecule is CCCc1nc2c(c(=O)[nH]1)CN(Cc1ccccc1C(F)(F)F)CC2. The van der Waals surface area contributed by atoms with Gasteiger partial charge >= 0.3 is 6.18 Å². The van der Waals surface area contributed by atoms with Crippen LogP contribution < -0.4 is 5.56 Å². The quantitative estimate of drug-likeness (QED) is 0.919. The molecule has 2 heterocycles. The molecule has 0 fully saturated rings. The third-order valence-corrected chi connectivity index (χ3v) is 4.40. The van der Waals surface area contributed by atoms with Gasteiger partial charge in [-0.15, -0.1) is 0 Å². The van der Waals surface area contributed by atoms with E-state index in [0.717, 1.165) is 18.2 Å². The fraction of sp³-hybridized carbons (Fsp3) is 0.444. The van der Waals surface area contributed by atoms with Gasteiger partial charge in [-0.25, -0.2) is 4.98 Å². The fourth-order valence-corrected chi connectivity index (χ4v) is 3.20. The molecular formula is C18H20F3N3O. The Kier molecular flexibility index (Phi) is 4.94. The number of H-pyrrole nitrogens is 1. The van der Waals surface area contributed by atoms with Gasteiger partial charge in [0.25, 0.3) is 5.56 Å². The molecular weight excluding hydrogens is 331 g/mol. The zero-order chi connectivity index (χ0) is 18.0. The predicted molar refractivity (Wildman–Crippen MR) is 88.1 cm³/mol. The van der Waals surface area contributed by atoms with Crippen LogP contribution in [0.25, 0.3) is 0 Å². The van der Waals surface area contributed by atoms with Gasteiger partial charge in [-0.2, -0.15) is 13.2 Å². The maximum atomic E-state index is 13.1. The Morgan fingerprint density at radius 2 is 2.04 bits per heavy atom. The van der Waals surface area contributed by atoms with Gasteiger partial charge in [-0.05, 0) is 18.1 Å². The van der Waals surface area contributed by atoms with E-state index < -0.39 is 11.7 Å². The normalized spacial score (nSPS) is 15.2. The molecule has 0 saturated carbocycles. The average Bonchev–Trinajstić information content (AvgIpc) is 2.55. The van der Waals surface area contributed by atoms with E-state index in [4.69, 9.17) is 0 Å². The zero-order valence-electron chi connectivity index (χ0n) is 14.0. The van der Waals surface area contributed by atoms with E-state index >= 15 is 0 Å². The Labute approximate surface area is 143 Å². The molecule has 1 aliphatic heterocycles. The van der Waals surface area contributed by atoms with Crippen molar-refractivity contribution < 1.29 is 13.2 Å². The molecule has 25 heavy (non-hydrogen) atoms. The number of halogens is 3. The molecule has 0 amide bonds. The van der Waals surface area contributed by atoms with E-state index in [2.05, 4.69) is 9.97 Å². The van der Waals surface area contributed by atoms with E-state index in [1.807, 2.05) is 11.8 Å². The summed E-state index contributed by atoms with van der Waals surface area (Å²) in [4.78, 5) is 21.4. The van der Waals surface area contributed by atoms with Gasteiger partial charge in [-0.1, -0.05) is 25.1 Å². The topological polar surface area (TPSA) is 49.0 Å². The zero-order valence-corrected chi connectivity index (χ0v) is 14.0. The first-order valence-electron chi connectivity index (χ1n) is 8.37. The van der Waals surface area contributed by atoms with Gasteiger partial charge in [0.05, 0.1) is 16.8 Å². The molecule has 0 radical (unpaired) electrons. The molecule has 3 rings (SSSR count). The van der Waals surface area contributed by atoms with Crippen LogP contribution in [0.15, 0.2) is 29.1 Å². The van der Waals surface area contributed by atoms with E-state index in [-0.39, 0.29) is 17.7 Å². The number of hydrogen-bond donors (Lipinski definition) is 1. The summed E-state index contributed by atoms with van der Waals surface area (Å²) >= 11 is 0. The minimum atomic E-state index is -4.38. The Hall–Kier alpha value is -2.15. The molecule has 1 aromatic heterocycles. The summed E-state index contributed by atoms with van der Waals surface area (Å²) in [6.45, 7) is 3.07. The lowest BCUT2D eigenvalue weighted by molar-refractivity contribution is -0.138. The molecule has 7 heteroatoms. The summed E-state index contributed by atoms with van der Waals surface area (Å²) in [7, 11) is 0. The number of hydrogen-bond acceptors (Lipinski definition) is 3. The van der Waals surface area contributed by atoms with Crippen LogP contribution in [0.1, 0.15) is 41.6 Å². The van der Waals surface area contributed by atoms with Gasteiger partial charge in [0.1, 0.15) is 5.82 Å².